The number of nitrogens with one attached hydrogen (secondary N) is 1. The first-order chi connectivity index (χ1) is 9.22. The van der Waals surface area contributed by atoms with Gasteiger partial charge in [0.15, 0.2) is 5.13 Å². The van der Waals surface area contributed by atoms with Crippen molar-refractivity contribution in [2.45, 2.75) is 20.4 Å². The zero-order valence-electron chi connectivity index (χ0n) is 11.2. The highest BCUT2D eigenvalue weighted by atomic mass is 127. The van der Waals surface area contributed by atoms with Gasteiger partial charge in [-0.1, -0.05) is 6.07 Å². The van der Waals surface area contributed by atoms with Gasteiger partial charge in [-0.15, -0.1) is 11.3 Å². The normalized spacial score (nSPS) is 10.5. The van der Waals surface area contributed by atoms with E-state index in [-0.39, 0.29) is 0 Å². The van der Waals surface area contributed by atoms with Gasteiger partial charge in [-0.25, -0.2) is 4.98 Å². The van der Waals surface area contributed by atoms with Gasteiger partial charge in [0.25, 0.3) is 0 Å². The zero-order valence-corrected chi connectivity index (χ0v) is 14.2. The summed E-state index contributed by atoms with van der Waals surface area (Å²) in [7, 11) is 0. The molecule has 0 bridgehead atoms. The molecule has 0 radical (unpaired) electrons. The molecule has 3 nitrogen and oxygen atoms in total. The minimum atomic E-state index is 0.832. The summed E-state index contributed by atoms with van der Waals surface area (Å²) in [5, 5.41) is 4.55. The fourth-order valence-corrected chi connectivity index (χ4v) is 3.33. The number of benzene rings is 1. The molecule has 5 heteroatoms. The Morgan fingerprint density at radius 1 is 1.32 bits per heavy atom. The van der Waals surface area contributed by atoms with E-state index in [0.29, 0.717) is 0 Å². The summed E-state index contributed by atoms with van der Waals surface area (Å²) >= 11 is 4.09. The zero-order chi connectivity index (χ0) is 13.7. The molecular formula is C14H18IN3S. The van der Waals surface area contributed by atoms with E-state index in [1.165, 1.54) is 8.45 Å². The first-order valence-corrected chi connectivity index (χ1v) is 8.31. The molecule has 0 amide bonds. The maximum atomic E-state index is 4.49. The summed E-state index contributed by atoms with van der Waals surface area (Å²) in [5.74, 6) is 0. The minimum absolute atomic E-state index is 0.832. The summed E-state index contributed by atoms with van der Waals surface area (Å²) in [4.78, 5) is 8.03. The molecule has 0 spiro atoms. The lowest BCUT2D eigenvalue weighted by Gasteiger charge is -2.16. The Morgan fingerprint density at radius 3 is 2.79 bits per heavy atom. The van der Waals surface area contributed by atoms with Gasteiger partial charge in [-0.2, -0.15) is 0 Å². The number of nitrogens with zero attached hydrogens (tertiary/aromatic N) is 2. The third-order valence-corrected chi connectivity index (χ3v) is 4.60. The monoisotopic (exact) mass is 387 g/mol. The average Bonchev–Trinajstić information content (AvgIpc) is 2.87. The Bertz CT molecular complexity index is 523. The Hall–Kier alpha value is -0.820. The van der Waals surface area contributed by atoms with Gasteiger partial charge in [-0.3, -0.25) is 0 Å². The van der Waals surface area contributed by atoms with Crippen molar-refractivity contribution in [2.24, 2.45) is 0 Å². The first kappa shape index (κ1) is 14.6. The van der Waals surface area contributed by atoms with E-state index in [1.807, 2.05) is 6.20 Å². The third-order valence-electron chi connectivity index (χ3n) is 2.87. The van der Waals surface area contributed by atoms with Crippen molar-refractivity contribution in [3.05, 3.63) is 38.9 Å². The second-order valence-electron chi connectivity index (χ2n) is 4.15. The van der Waals surface area contributed by atoms with E-state index < -0.39 is 0 Å². The lowest BCUT2D eigenvalue weighted by atomic mass is 10.3. The molecule has 0 saturated carbocycles. The van der Waals surface area contributed by atoms with Gasteiger partial charge in [-0.05, 0) is 54.6 Å². The van der Waals surface area contributed by atoms with Crippen LogP contribution in [0, 0.1) is 3.57 Å². The molecule has 19 heavy (non-hydrogen) atoms. The molecule has 0 atom stereocenters. The number of rotatable bonds is 6. The van der Waals surface area contributed by atoms with Crippen LogP contribution in [0.4, 0.5) is 10.8 Å². The van der Waals surface area contributed by atoms with Crippen molar-refractivity contribution in [2.75, 3.05) is 23.3 Å². The van der Waals surface area contributed by atoms with Crippen LogP contribution in [0.25, 0.3) is 0 Å². The molecule has 1 heterocycles. The number of halogens is 1. The SMILES string of the molecule is CCN(CC)c1ncc(CNc2cccc(I)c2)s1. The Kier molecular flexibility index (Phi) is 5.45. The highest BCUT2D eigenvalue weighted by Crippen LogP contribution is 2.23. The molecule has 1 aromatic heterocycles. The quantitative estimate of drug-likeness (QED) is 0.753. The second-order valence-corrected chi connectivity index (χ2v) is 6.48. The predicted octanol–water partition coefficient (Wildman–Crippen LogP) is 4.21. The van der Waals surface area contributed by atoms with Crippen molar-refractivity contribution in [1.29, 1.82) is 0 Å². The molecule has 1 aromatic carbocycles. The molecule has 0 saturated heterocycles. The van der Waals surface area contributed by atoms with E-state index >= 15 is 0 Å². The molecule has 102 valence electrons. The van der Waals surface area contributed by atoms with Crippen LogP contribution >= 0.6 is 33.9 Å². The van der Waals surface area contributed by atoms with E-state index in [9.17, 15) is 0 Å². The van der Waals surface area contributed by atoms with Crippen molar-refractivity contribution in [3.63, 3.8) is 0 Å². The minimum Gasteiger partial charge on any atom is -0.380 e. The van der Waals surface area contributed by atoms with Crippen LogP contribution in [0.3, 0.4) is 0 Å². The van der Waals surface area contributed by atoms with Crippen molar-refractivity contribution < 1.29 is 0 Å². The summed E-state index contributed by atoms with van der Waals surface area (Å²) in [6, 6.07) is 8.40. The first-order valence-electron chi connectivity index (χ1n) is 6.42. The van der Waals surface area contributed by atoms with Crippen LogP contribution in [0.5, 0.6) is 0 Å². The van der Waals surface area contributed by atoms with Crippen molar-refractivity contribution in [3.8, 4) is 0 Å². The summed E-state index contributed by atoms with van der Waals surface area (Å²) in [6.45, 7) is 7.17. The van der Waals surface area contributed by atoms with E-state index in [2.05, 4.69) is 75.9 Å². The predicted molar refractivity (Wildman–Crippen MR) is 92.2 cm³/mol. The topological polar surface area (TPSA) is 28.2 Å². The number of aromatic nitrogens is 1. The van der Waals surface area contributed by atoms with E-state index in [0.717, 1.165) is 30.5 Å². The maximum Gasteiger partial charge on any atom is 0.185 e. The fraction of sp³-hybridized carbons (Fsp3) is 0.357. The number of thiazole rings is 1. The van der Waals surface area contributed by atoms with Gasteiger partial charge >= 0.3 is 0 Å². The largest absolute Gasteiger partial charge is 0.380 e. The number of hydrogen-bond donors (Lipinski definition) is 1. The molecule has 1 N–H and O–H groups in total. The summed E-state index contributed by atoms with van der Waals surface area (Å²) in [6.07, 6.45) is 1.97. The van der Waals surface area contributed by atoms with E-state index in [4.69, 9.17) is 0 Å². The van der Waals surface area contributed by atoms with Gasteiger partial charge in [0.05, 0.1) is 6.54 Å². The maximum absolute atomic E-state index is 4.49. The Morgan fingerprint density at radius 2 is 2.11 bits per heavy atom. The average molecular weight is 387 g/mol. The highest BCUT2D eigenvalue weighted by molar-refractivity contribution is 14.1. The molecule has 0 aliphatic heterocycles. The van der Waals surface area contributed by atoms with Crippen LogP contribution < -0.4 is 10.2 Å². The smallest absolute Gasteiger partial charge is 0.185 e. The summed E-state index contributed by atoms with van der Waals surface area (Å²) in [5.41, 5.74) is 1.16. The van der Waals surface area contributed by atoms with Crippen LogP contribution in [-0.2, 0) is 6.54 Å². The third kappa shape index (κ3) is 4.07. The number of anilines is 2. The molecule has 2 aromatic rings. The fourth-order valence-electron chi connectivity index (χ4n) is 1.81. The van der Waals surface area contributed by atoms with Gasteiger partial charge in [0, 0.05) is 33.4 Å². The molecule has 0 aliphatic carbocycles. The Balaban J connectivity index is 1.97. The van der Waals surface area contributed by atoms with Gasteiger partial charge < -0.3 is 10.2 Å². The lowest BCUT2D eigenvalue weighted by Crippen LogP contribution is -2.21. The lowest BCUT2D eigenvalue weighted by molar-refractivity contribution is 0.860. The molecular weight excluding hydrogens is 369 g/mol. The van der Waals surface area contributed by atoms with Crippen molar-refractivity contribution >= 4 is 44.7 Å². The van der Waals surface area contributed by atoms with Crippen molar-refractivity contribution in [1.82, 2.24) is 4.98 Å². The molecule has 2 rings (SSSR count). The highest BCUT2D eigenvalue weighted by Gasteiger charge is 2.07. The van der Waals surface area contributed by atoms with Crippen LogP contribution in [0.2, 0.25) is 0 Å². The Labute approximate surface area is 132 Å². The summed E-state index contributed by atoms with van der Waals surface area (Å²) < 4.78 is 1.25. The van der Waals surface area contributed by atoms with Crippen LogP contribution in [0.15, 0.2) is 30.5 Å². The van der Waals surface area contributed by atoms with E-state index in [1.54, 1.807) is 11.3 Å². The number of hydrogen-bond acceptors (Lipinski definition) is 4. The van der Waals surface area contributed by atoms with Crippen LogP contribution in [0.1, 0.15) is 18.7 Å². The second kappa shape index (κ2) is 7.09. The molecule has 0 unspecified atom stereocenters. The molecule has 0 aliphatic rings. The van der Waals surface area contributed by atoms with Gasteiger partial charge in [0.1, 0.15) is 0 Å². The molecule has 0 fully saturated rings. The standard InChI is InChI=1S/C14H18IN3S/c1-3-18(4-2)14-17-10-13(19-14)9-16-12-7-5-6-11(15)8-12/h5-8,10,16H,3-4,9H2,1-2H3. The van der Waals surface area contributed by atoms with Crippen LogP contribution in [-0.4, -0.2) is 18.1 Å². The van der Waals surface area contributed by atoms with Gasteiger partial charge in [0.2, 0.25) is 0 Å².